The average molecular weight is 221 g/mol. The molecule has 1 aromatic carbocycles. The molecule has 1 aromatic heterocycles. The number of benzene rings is 1. The van der Waals surface area contributed by atoms with Crippen molar-refractivity contribution in [3.63, 3.8) is 0 Å². The van der Waals surface area contributed by atoms with Gasteiger partial charge >= 0.3 is 11.7 Å². The molecule has 0 unspecified atom stereocenters. The lowest BCUT2D eigenvalue weighted by molar-refractivity contribution is 0.0699. The van der Waals surface area contributed by atoms with E-state index in [1.165, 1.54) is 10.7 Å². The van der Waals surface area contributed by atoms with Crippen LogP contribution in [0.25, 0.3) is 11.0 Å². The Morgan fingerprint density at radius 2 is 2.12 bits per heavy atom. The van der Waals surface area contributed by atoms with Crippen molar-refractivity contribution in [2.45, 2.75) is 0 Å². The van der Waals surface area contributed by atoms with E-state index in [0.717, 1.165) is 0 Å². The Kier molecular flexibility index (Phi) is 2.19. The van der Waals surface area contributed by atoms with E-state index in [1.54, 1.807) is 31.2 Å². The Hall–Kier alpha value is -2.24. The van der Waals surface area contributed by atoms with Gasteiger partial charge in [0.15, 0.2) is 0 Å². The number of para-hydroxylation sites is 1. The summed E-state index contributed by atoms with van der Waals surface area (Å²) in [6.07, 6.45) is 0. The number of rotatable bonds is 2. The van der Waals surface area contributed by atoms with Crippen LogP contribution in [0.2, 0.25) is 0 Å². The molecule has 0 atom stereocenters. The highest BCUT2D eigenvalue weighted by Crippen LogP contribution is 2.15. The molecule has 0 aliphatic rings. The molecule has 0 fully saturated rings. The Labute approximate surface area is 90.7 Å². The molecule has 0 spiro atoms. The first-order valence-electron chi connectivity index (χ1n) is 4.67. The third-order valence-electron chi connectivity index (χ3n) is 2.33. The van der Waals surface area contributed by atoms with E-state index in [-0.39, 0.29) is 11.3 Å². The van der Waals surface area contributed by atoms with Gasteiger partial charge in [-0.15, -0.1) is 0 Å². The molecule has 6 heteroatoms. The van der Waals surface area contributed by atoms with Gasteiger partial charge in [0.05, 0.1) is 16.6 Å². The number of aromatic nitrogens is 2. The van der Waals surface area contributed by atoms with Crippen molar-refractivity contribution in [3.8, 4) is 0 Å². The minimum atomic E-state index is -1.06. The molecule has 2 N–H and O–H groups in total. The SMILES string of the molecule is CN(C)n1c(=O)[nH]c2c(C(=O)O)cccc21. The van der Waals surface area contributed by atoms with Gasteiger partial charge in [-0.3, -0.25) is 0 Å². The van der Waals surface area contributed by atoms with Crippen molar-refractivity contribution in [3.05, 3.63) is 34.2 Å². The number of hydrogen-bond acceptors (Lipinski definition) is 3. The molecule has 0 amide bonds. The molecule has 84 valence electrons. The smallest absolute Gasteiger partial charge is 0.345 e. The van der Waals surface area contributed by atoms with Gasteiger partial charge in [-0.25, -0.2) is 14.3 Å². The fraction of sp³-hybridized carbons (Fsp3) is 0.200. The summed E-state index contributed by atoms with van der Waals surface area (Å²) in [5.41, 5.74) is 0.632. The molecule has 2 rings (SSSR count). The number of hydrogen-bond donors (Lipinski definition) is 2. The van der Waals surface area contributed by atoms with E-state index in [2.05, 4.69) is 4.98 Å². The highest BCUT2D eigenvalue weighted by atomic mass is 16.4. The second-order valence-corrected chi connectivity index (χ2v) is 3.59. The summed E-state index contributed by atoms with van der Waals surface area (Å²) in [4.78, 5) is 25.1. The summed E-state index contributed by atoms with van der Waals surface area (Å²) in [7, 11) is 3.42. The fourth-order valence-corrected chi connectivity index (χ4v) is 1.69. The van der Waals surface area contributed by atoms with Crippen LogP contribution in [-0.2, 0) is 0 Å². The number of imidazole rings is 1. The van der Waals surface area contributed by atoms with E-state index in [9.17, 15) is 9.59 Å². The fourth-order valence-electron chi connectivity index (χ4n) is 1.69. The predicted molar refractivity (Wildman–Crippen MR) is 59.6 cm³/mol. The molecule has 0 saturated heterocycles. The zero-order chi connectivity index (χ0) is 11.9. The molecule has 16 heavy (non-hydrogen) atoms. The second kappa shape index (κ2) is 3.41. The summed E-state index contributed by atoms with van der Waals surface area (Å²) < 4.78 is 1.38. The van der Waals surface area contributed by atoms with Crippen molar-refractivity contribution in [2.24, 2.45) is 0 Å². The first kappa shape index (κ1) is 10.3. The number of carbonyl (C=O) groups is 1. The van der Waals surface area contributed by atoms with Gasteiger partial charge in [0.25, 0.3) is 0 Å². The molecule has 0 bridgehead atoms. The van der Waals surface area contributed by atoms with Crippen LogP contribution in [0.1, 0.15) is 10.4 Å². The topological polar surface area (TPSA) is 78.3 Å². The number of fused-ring (bicyclic) bond motifs is 1. The average Bonchev–Trinajstić information content (AvgIpc) is 2.52. The Morgan fingerprint density at radius 3 is 2.69 bits per heavy atom. The third kappa shape index (κ3) is 1.35. The minimum absolute atomic E-state index is 0.0928. The molecule has 0 radical (unpaired) electrons. The number of carboxylic acid groups (broad SMARTS) is 1. The molecule has 0 aliphatic heterocycles. The van der Waals surface area contributed by atoms with Crippen molar-refractivity contribution in [2.75, 3.05) is 19.1 Å². The predicted octanol–water partition coefficient (Wildman–Crippen LogP) is 0.225. The first-order valence-corrected chi connectivity index (χ1v) is 4.67. The largest absolute Gasteiger partial charge is 0.478 e. The number of nitrogens with one attached hydrogen (secondary N) is 1. The summed E-state index contributed by atoms with van der Waals surface area (Å²) in [6.45, 7) is 0. The first-order chi connectivity index (χ1) is 7.52. The molecule has 1 heterocycles. The lowest BCUT2D eigenvalue weighted by atomic mass is 10.2. The quantitative estimate of drug-likeness (QED) is 0.760. The normalized spacial score (nSPS) is 10.6. The van der Waals surface area contributed by atoms with E-state index in [0.29, 0.717) is 11.0 Å². The van der Waals surface area contributed by atoms with Gasteiger partial charge in [-0.1, -0.05) is 6.07 Å². The maximum Gasteiger partial charge on any atom is 0.345 e. The molecule has 0 aliphatic carbocycles. The van der Waals surface area contributed by atoms with Crippen molar-refractivity contribution >= 4 is 17.0 Å². The van der Waals surface area contributed by atoms with Crippen LogP contribution < -0.4 is 10.7 Å². The van der Waals surface area contributed by atoms with Crippen LogP contribution in [0.15, 0.2) is 23.0 Å². The van der Waals surface area contributed by atoms with Gasteiger partial charge in [-0.05, 0) is 12.1 Å². The van der Waals surface area contributed by atoms with Crippen LogP contribution >= 0.6 is 0 Å². The third-order valence-corrected chi connectivity index (χ3v) is 2.33. The Bertz CT molecular complexity index is 609. The van der Waals surface area contributed by atoms with Crippen molar-refractivity contribution in [1.29, 1.82) is 0 Å². The second-order valence-electron chi connectivity index (χ2n) is 3.59. The maximum absolute atomic E-state index is 11.6. The highest BCUT2D eigenvalue weighted by molar-refractivity contribution is 6.00. The van der Waals surface area contributed by atoms with E-state index in [1.807, 2.05) is 0 Å². The van der Waals surface area contributed by atoms with Crippen LogP contribution in [0.3, 0.4) is 0 Å². The Balaban J connectivity index is 2.88. The van der Waals surface area contributed by atoms with Crippen LogP contribution in [0, 0.1) is 0 Å². The van der Waals surface area contributed by atoms with Gasteiger partial charge in [0.1, 0.15) is 0 Å². The van der Waals surface area contributed by atoms with Gasteiger partial charge in [-0.2, -0.15) is 0 Å². The number of aromatic amines is 1. The zero-order valence-corrected chi connectivity index (χ0v) is 8.89. The molecule has 0 saturated carbocycles. The monoisotopic (exact) mass is 221 g/mol. The highest BCUT2D eigenvalue weighted by Gasteiger charge is 2.14. The van der Waals surface area contributed by atoms with Gasteiger partial charge in [0, 0.05) is 14.1 Å². The number of aromatic carboxylic acids is 1. The lowest BCUT2D eigenvalue weighted by Crippen LogP contribution is -2.33. The standard InChI is InChI=1S/C10H11N3O3/c1-12(2)13-7-5-3-4-6(9(14)15)8(7)11-10(13)16/h3-5H,1-2H3,(H,11,16)(H,14,15). The Morgan fingerprint density at radius 1 is 1.44 bits per heavy atom. The van der Waals surface area contributed by atoms with Crippen LogP contribution in [0.5, 0.6) is 0 Å². The minimum Gasteiger partial charge on any atom is -0.478 e. The van der Waals surface area contributed by atoms with Gasteiger partial charge in [0.2, 0.25) is 0 Å². The summed E-state index contributed by atoms with van der Waals surface area (Å²) in [6, 6.07) is 4.76. The van der Waals surface area contributed by atoms with Crippen LogP contribution in [0.4, 0.5) is 0 Å². The molecular formula is C10H11N3O3. The summed E-state index contributed by atoms with van der Waals surface area (Å²) in [5.74, 6) is -1.06. The van der Waals surface area contributed by atoms with Crippen LogP contribution in [-0.4, -0.2) is 34.8 Å². The summed E-state index contributed by atoms with van der Waals surface area (Å²) in [5, 5.41) is 10.6. The van der Waals surface area contributed by atoms with E-state index in [4.69, 9.17) is 5.11 Å². The number of nitrogens with zero attached hydrogens (tertiary/aromatic N) is 2. The van der Waals surface area contributed by atoms with Gasteiger partial charge < -0.3 is 15.1 Å². The van der Waals surface area contributed by atoms with E-state index >= 15 is 0 Å². The van der Waals surface area contributed by atoms with E-state index < -0.39 is 5.97 Å². The molecule has 2 aromatic rings. The maximum atomic E-state index is 11.6. The lowest BCUT2D eigenvalue weighted by Gasteiger charge is -2.13. The number of carboxylic acids is 1. The molecule has 6 nitrogen and oxygen atoms in total. The number of H-pyrrole nitrogens is 1. The summed E-state index contributed by atoms with van der Waals surface area (Å²) >= 11 is 0. The zero-order valence-electron chi connectivity index (χ0n) is 8.89. The van der Waals surface area contributed by atoms with Crippen molar-refractivity contribution in [1.82, 2.24) is 9.66 Å². The molecular weight excluding hydrogens is 210 g/mol. The van der Waals surface area contributed by atoms with Crippen molar-refractivity contribution < 1.29 is 9.90 Å².